The minimum atomic E-state index is -1.36. The van der Waals surface area contributed by atoms with Crippen molar-refractivity contribution in [3.8, 4) is 0 Å². The van der Waals surface area contributed by atoms with Gasteiger partial charge in [-0.15, -0.1) is 6.58 Å². The zero-order valence-electron chi connectivity index (χ0n) is 15.8. The summed E-state index contributed by atoms with van der Waals surface area (Å²) in [5, 5.41) is -0.517. The van der Waals surface area contributed by atoms with Gasteiger partial charge in [0, 0.05) is 11.5 Å². The Bertz CT molecular complexity index is 920. The van der Waals surface area contributed by atoms with Gasteiger partial charge in [0.05, 0.1) is 5.39 Å². The largest absolute Gasteiger partial charge is 0.208 e. The summed E-state index contributed by atoms with van der Waals surface area (Å²) in [6.45, 7) is 5.53. The van der Waals surface area contributed by atoms with E-state index in [2.05, 4.69) is 6.58 Å². The molecule has 1 aliphatic carbocycles. The van der Waals surface area contributed by atoms with Crippen LogP contribution in [0.25, 0.3) is 16.6 Å². The first-order valence-electron chi connectivity index (χ1n) is 9.66. The van der Waals surface area contributed by atoms with Crippen molar-refractivity contribution in [2.24, 2.45) is 11.8 Å². The number of benzene rings is 2. The fourth-order valence-electron chi connectivity index (χ4n) is 3.97. The summed E-state index contributed by atoms with van der Waals surface area (Å²) >= 11 is 0. The van der Waals surface area contributed by atoms with Crippen molar-refractivity contribution in [1.82, 2.24) is 0 Å². The van der Waals surface area contributed by atoms with Crippen molar-refractivity contribution >= 4 is 16.6 Å². The van der Waals surface area contributed by atoms with E-state index >= 15 is 0 Å². The SMILES string of the molecule is C=CC1CCC(C(F)=C(F)c2ccc3cc(CCC)c(F)c(F)c3c2F)CC1. The lowest BCUT2D eigenvalue weighted by Crippen LogP contribution is -2.14. The molecule has 0 radical (unpaired) electrons. The Balaban J connectivity index is 2.03. The number of allylic oxidation sites excluding steroid dienone is 2. The van der Waals surface area contributed by atoms with Crippen molar-refractivity contribution in [2.75, 3.05) is 0 Å². The van der Waals surface area contributed by atoms with E-state index in [-0.39, 0.29) is 16.9 Å². The first kappa shape index (κ1) is 20.6. The van der Waals surface area contributed by atoms with Crippen LogP contribution in [0.4, 0.5) is 22.0 Å². The van der Waals surface area contributed by atoms with Crippen LogP contribution in [0, 0.1) is 29.3 Å². The van der Waals surface area contributed by atoms with Crippen LogP contribution in [-0.2, 0) is 6.42 Å². The smallest absolute Gasteiger partial charge is 0.169 e. The normalized spacial score (nSPS) is 20.9. The second-order valence-electron chi connectivity index (χ2n) is 7.45. The molecule has 0 unspecified atom stereocenters. The first-order chi connectivity index (χ1) is 13.4. The lowest BCUT2D eigenvalue weighted by molar-refractivity contribution is 0.304. The molecule has 0 amide bonds. The molecule has 1 aliphatic rings. The van der Waals surface area contributed by atoms with Gasteiger partial charge in [-0.05, 0) is 61.1 Å². The Morgan fingerprint density at radius 3 is 2.32 bits per heavy atom. The second-order valence-corrected chi connectivity index (χ2v) is 7.45. The summed E-state index contributed by atoms with van der Waals surface area (Å²) in [5.74, 6) is -6.50. The quantitative estimate of drug-likeness (QED) is 0.358. The monoisotopic (exact) mass is 394 g/mol. The van der Waals surface area contributed by atoms with E-state index < -0.39 is 46.0 Å². The summed E-state index contributed by atoms with van der Waals surface area (Å²) < 4.78 is 73.0. The van der Waals surface area contributed by atoms with Gasteiger partial charge < -0.3 is 0 Å². The average molecular weight is 394 g/mol. The van der Waals surface area contributed by atoms with E-state index in [1.54, 1.807) is 6.08 Å². The highest BCUT2D eigenvalue weighted by atomic mass is 19.2. The maximum absolute atomic E-state index is 14.9. The zero-order chi connectivity index (χ0) is 20.4. The number of hydrogen-bond acceptors (Lipinski definition) is 0. The first-order valence-corrected chi connectivity index (χ1v) is 9.66. The van der Waals surface area contributed by atoms with E-state index in [9.17, 15) is 22.0 Å². The Morgan fingerprint density at radius 2 is 1.71 bits per heavy atom. The Morgan fingerprint density at radius 1 is 1.04 bits per heavy atom. The molecule has 2 aromatic carbocycles. The molecule has 150 valence electrons. The lowest BCUT2D eigenvalue weighted by atomic mass is 9.81. The molecule has 28 heavy (non-hydrogen) atoms. The molecule has 1 saturated carbocycles. The van der Waals surface area contributed by atoms with E-state index in [1.165, 1.54) is 12.1 Å². The van der Waals surface area contributed by atoms with Gasteiger partial charge in [-0.25, -0.2) is 22.0 Å². The molecule has 1 fully saturated rings. The van der Waals surface area contributed by atoms with E-state index in [4.69, 9.17) is 0 Å². The average Bonchev–Trinajstić information content (AvgIpc) is 2.71. The maximum atomic E-state index is 14.9. The third kappa shape index (κ3) is 3.71. The standard InChI is InChI=1S/C23H23F5/c1-3-5-16-12-15-10-11-17(21(26)18(15)23(28)20(16)25)22(27)19(24)14-8-6-13(4-2)7-9-14/h4,10-14H,2-3,5-9H2,1H3. The third-order valence-corrected chi connectivity index (χ3v) is 5.63. The van der Waals surface area contributed by atoms with Gasteiger partial charge in [0.1, 0.15) is 11.6 Å². The van der Waals surface area contributed by atoms with Gasteiger partial charge in [-0.2, -0.15) is 0 Å². The van der Waals surface area contributed by atoms with Crippen molar-refractivity contribution in [3.63, 3.8) is 0 Å². The lowest BCUT2D eigenvalue weighted by Gasteiger charge is -2.25. The highest BCUT2D eigenvalue weighted by Crippen LogP contribution is 2.39. The molecule has 3 rings (SSSR count). The number of aryl methyl sites for hydroxylation is 1. The molecule has 0 bridgehead atoms. The van der Waals surface area contributed by atoms with Crippen LogP contribution in [-0.4, -0.2) is 0 Å². The molecule has 0 spiro atoms. The summed E-state index contributed by atoms with van der Waals surface area (Å²) in [4.78, 5) is 0. The summed E-state index contributed by atoms with van der Waals surface area (Å²) in [7, 11) is 0. The molecule has 0 aromatic heterocycles. The molecule has 0 N–H and O–H groups in total. The van der Waals surface area contributed by atoms with Crippen LogP contribution in [0.5, 0.6) is 0 Å². The van der Waals surface area contributed by atoms with Crippen LogP contribution in [0.3, 0.4) is 0 Å². The molecule has 2 aromatic rings. The van der Waals surface area contributed by atoms with Gasteiger partial charge in [-0.1, -0.05) is 25.5 Å². The Kier molecular flexibility index (Phi) is 6.21. The summed E-state index contributed by atoms with van der Waals surface area (Å²) in [5.41, 5.74) is -0.529. The van der Waals surface area contributed by atoms with Crippen molar-refractivity contribution in [3.05, 3.63) is 65.3 Å². The van der Waals surface area contributed by atoms with Gasteiger partial charge in [0.15, 0.2) is 17.5 Å². The minimum absolute atomic E-state index is 0.128. The van der Waals surface area contributed by atoms with Crippen LogP contribution < -0.4 is 0 Å². The number of halogens is 5. The summed E-state index contributed by atoms with van der Waals surface area (Å²) in [6, 6.07) is 3.75. The van der Waals surface area contributed by atoms with Gasteiger partial charge in [-0.3, -0.25) is 0 Å². The maximum Gasteiger partial charge on any atom is 0.169 e. The molecule has 0 saturated heterocycles. The van der Waals surface area contributed by atoms with Gasteiger partial charge in [0.25, 0.3) is 0 Å². The van der Waals surface area contributed by atoms with Gasteiger partial charge >= 0.3 is 0 Å². The topological polar surface area (TPSA) is 0 Å². The minimum Gasteiger partial charge on any atom is -0.208 e. The third-order valence-electron chi connectivity index (χ3n) is 5.63. The molecule has 0 heterocycles. The zero-order valence-corrected chi connectivity index (χ0v) is 15.8. The van der Waals surface area contributed by atoms with Crippen LogP contribution in [0.1, 0.15) is 50.2 Å². The van der Waals surface area contributed by atoms with Crippen molar-refractivity contribution < 1.29 is 22.0 Å². The van der Waals surface area contributed by atoms with Crippen molar-refractivity contribution in [2.45, 2.75) is 45.4 Å². The molecular formula is C23H23F5. The highest BCUT2D eigenvalue weighted by Gasteiger charge is 2.28. The van der Waals surface area contributed by atoms with E-state index in [0.717, 1.165) is 6.07 Å². The molecule has 0 aliphatic heterocycles. The van der Waals surface area contributed by atoms with E-state index in [1.807, 2.05) is 6.92 Å². The van der Waals surface area contributed by atoms with Crippen LogP contribution >= 0.6 is 0 Å². The second kappa shape index (κ2) is 8.46. The molecule has 0 atom stereocenters. The Labute approximate surface area is 161 Å². The Hall–Kier alpha value is -2.17. The number of rotatable bonds is 5. The fraction of sp³-hybridized carbons (Fsp3) is 0.391. The number of hydrogen-bond donors (Lipinski definition) is 0. The molecule has 0 nitrogen and oxygen atoms in total. The molecular weight excluding hydrogens is 371 g/mol. The predicted molar refractivity (Wildman–Crippen MR) is 103 cm³/mol. The highest BCUT2D eigenvalue weighted by molar-refractivity contribution is 5.88. The predicted octanol–water partition coefficient (Wildman–Crippen LogP) is 7.81. The number of fused-ring (bicyclic) bond motifs is 1. The summed E-state index contributed by atoms with van der Waals surface area (Å²) in [6.07, 6.45) is 4.96. The fourth-order valence-corrected chi connectivity index (χ4v) is 3.97. The van der Waals surface area contributed by atoms with Crippen molar-refractivity contribution in [1.29, 1.82) is 0 Å². The van der Waals surface area contributed by atoms with Crippen LogP contribution in [0.2, 0.25) is 0 Å². The van der Waals surface area contributed by atoms with Crippen LogP contribution in [0.15, 0.2) is 36.7 Å². The van der Waals surface area contributed by atoms with E-state index in [0.29, 0.717) is 38.5 Å². The van der Waals surface area contributed by atoms with Gasteiger partial charge in [0.2, 0.25) is 0 Å². The molecule has 5 heteroatoms.